The second-order valence-electron chi connectivity index (χ2n) is 6.00. The number of phenolic OH excluding ortho intramolecular Hbond substituents is 1. The summed E-state index contributed by atoms with van der Waals surface area (Å²) in [5.41, 5.74) is 2.62. The third-order valence-corrected chi connectivity index (χ3v) is 5.37. The lowest BCUT2D eigenvalue weighted by Gasteiger charge is -2.16. The predicted octanol–water partition coefficient (Wildman–Crippen LogP) is 6.66. The van der Waals surface area contributed by atoms with Crippen LogP contribution in [0, 0.1) is 0 Å². The van der Waals surface area contributed by atoms with E-state index in [0.717, 1.165) is 21.3 Å². The van der Waals surface area contributed by atoms with Crippen LogP contribution >= 0.6 is 39.1 Å². The Morgan fingerprint density at radius 3 is 2.36 bits per heavy atom. The molecule has 28 heavy (non-hydrogen) atoms. The van der Waals surface area contributed by atoms with Crippen LogP contribution in [0.3, 0.4) is 0 Å². The molecule has 0 aliphatic rings. The standard InChI is InChI=1S/C21H18BrCl2NO3/c1-27-20-10-13(11-25-14-5-7-15(26)8-6-14)9-17(22)21(20)28-12-16-18(23)3-2-4-19(16)24/h2-10,25-26H,11-12H2,1H3. The Labute approximate surface area is 182 Å². The van der Waals surface area contributed by atoms with Gasteiger partial charge in [0, 0.05) is 27.8 Å². The Bertz CT molecular complexity index is 944. The highest BCUT2D eigenvalue weighted by molar-refractivity contribution is 9.10. The Balaban J connectivity index is 1.74. The second-order valence-corrected chi connectivity index (χ2v) is 7.67. The van der Waals surface area contributed by atoms with Crippen LogP contribution in [0.1, 0.15) is 11.1 Å². The third-order valence-electron chi connectivity index (χ3n) is 4.08. The minimum absolute atomic E-state index is 0.221. The Morgan fingerprint density at radius 2 is 1.71 bits per heavy atom. The van der Waals surface area contributed by atoms with Gasteiger partial charge in [-0.2, -0.15) is 0 Å². The molecule has 0 bridgehead atoms. The van der Waals surface area contributed by atoms with Crippen molar-refractivity contribution in [1.29, 1.82) is 0 Å². The van der Waals surface area contributed by atoms with Crippen LogP contribution in [0.2, 0.25) is 10.0 Å². The number of phenols is 1. The highest BCUT2D eigenvalue weighted by Crippen LogP contribution is 2.38. The van der Waals surface area contributed by atoms with E-state index < -0.39 is 0 Å². The van der Waals surface area contributed by atoms with Crippen LogP contribution < -0.4 is 14.8 Å². The average Bonchev–Trinajstić information content (AvgIpc) is 2.68. The molecule has 0 aliphatic heterocycles. The van der Waals surface area contributed by atoms with Crippen LogP contribution in [0.15, 0.2) is 59.1 Å². The second kappa shape index (κ2) is 9.41. The number of halogens is 3. The predicted molar refractivity (Wildman–Crippen MR) is 117 cm³/mol. The first-order chi connectivity index (χ1) is 13.5. The quantitative estimate of drug-likeness (QED) is 0.369. The smallest absolute Gasteiger partial charge is 0.175 e. The van der Waals surface area contributed by atoms with E-state index in [1.807, 2.05) is 24.3 Å². The number of hydrogen-bond donors (Lipinski definition) is 2. The summed E-state index contributed by atoms with van der Waals surface area (Å²) < 4.78 is 12.2. The van der Waals surface area contributed by atoms with Crippen molar-refractivity contribution in [2.45, 2.75) is 13.2 Å². The van der Waals surface area contributed by atoms with Crippen LogP contribution in [0.5, 0.6) is 17.2 Å². The number of ether oxygens (including phenoxy) is 2. The average molecular weight is 483 g/mol. The van der Waals surface area contributed by atoms with E-state index in [-0.39, 0.29) is 12.4 Å². The highest BCUT2D eigenvalue weighted by atomic mass is 79.9. The summed E-state index contributed by atoms with van der Waals surface area (Å²) in [7, 11) is 1.59. The minimum atomic E-state index is 0.221. The van der Waals surface area contributed by atoms with E-state index in [4.69, 9.17) is 32.7 Å². The van der Waals surface area contributed by atoms with Gasteiger partial charge in [0.2, 0.25) is 0 Å². The topological polar surface area (TPSA) is 50.7 Å². The summed E-state index contributed by atoms with van der Waals surface area (Å²) in [5.74, 6) is 1.40. The summed E-state index contributed by atoms with van der Waals surface area (Å²) in [6, 6.07) is 16.1. The molecule has 0 spiro atoms. The fourth-order valence-corrected chi connectivity index (χ4v) is 3.72. The number of hydrogen-bond acceptors (Lipinski definition) is 4. The van der Waals surface area contributed by atoms with Gasteiger partial charge in [0.1, 0.15) is 12.4 Å². The summed E-state index contributed by atoms with van der Waals surface area (Å²) in [6.45, 7) is 0.801. The van der Waals surface area contributed by atoms with E-state index in [0.29, 0.717) is 28.1 Å². The van der Waals surface area contributed by atoms with Crippen molar-refractivity contribution in [2.75, 3.05) is 12.4 Å². The van der Waals surface area contributed by atoms with Crippen molar-refractivity contribution in [3.63, 3.8) is 0 Å². The first-order valence-electron chi connectivity index (χ1n) is 8.43. The Hall–Kier alpha value is -2.08. The zero-order chi connectivity index (χ0) is 20.1. The SMILES string of the molecule is COc1cc(CNc2ccc(O)cc2)cc(Br)c1OCc1c(Cl)cccc1Cl. The van der Waals surface area contributed by atoms with Gasteiger partial charge in [-0.3, -0.25) is 0 Å². The summed E-state index contributed by atoms with van der Waals surface area (Å²) in [5, 5.41) is 13.8. The lowest BCUT2D eigenvalue weighted by Crippen LogP contribution is -2.03. The molecule has 0 unspecified atom stereocenters. The van der Waals surface area contributed by atoms with E-state index in [9.17, 15) is 5.11 Å². The number of anilines is 1. The molecule has 0 aliphatic carbocycles. The Morgan fingerprint density at radius 1 is 1.04 bits per heavy atom. The maximum atomic E-state index is 9.36. The third kappa shape index (κ3) is 5.04. The molecule has 0 amide bonds. The molecule has 0 heterocycles. The summed E-state index contributed by atoms with van der Waals surface area (Å²) >= 11 is 16.0. The zero-order valence-corrected chi connectivity index (χ0v) is 18.1. The van der Waals surface area contributed by atoms with Crippen molar-refractivity contribution >= 4 is 44.8 Å². The summed E-state index contributed by atoms with van der Waals surface area (Å²) in [6.07, 6.45) is 0. The van der Waals surface area contributed by atoms with Crippen LogP contribution in [-0.2, 0) is 13.2 Å². The molecule has 0 fully saturated rings. The number of benzene rings is 3. The fourth-order valence-electron chi connectivity index (χ4n) is 2.61. The number of rotatable bonds is 7. The van der Waals surface area contributed by atoms with E-state index in [1.54, 1.807) is 37.4 Å². The molecule has 3 aromatic rings. The molecule has 0 saturated carbocycles. The molecule has 146 valence electrons. The fraction of sp³-hybridized carbons (Fsp3) is 0.143. The maximum absolute atomic E-state index is 9.36. The van der Waals surface area contributed by atoms with E-state index in [2.05, 4.69) is 21.2 Å². The first kappa shape index (κ1) is 20.6. The molecule has 0 saturated heterocycles. The largest absolute Gasteiger partial charge is 0.508 e. The number of methoxy groups -OCH3 is 1. The number of aromatic hydroxyl groups is 1. The van der Waals surface area contributed by atoms with E-state index >= 15 is 0 Å². The molecule has 0 radical (unpaired) electrons. The van der Waals surface area contributed by atoms with Gasteiger partial charge in [0.05, 0.1) is 11.6 Å². The van der Waals surface area contributed by atoms with Gasteiger partial charge in [-0.15, -0.1) is 0 Å². The summed E-state index contributed by atoms with van der Waals surface area (Å²) in [4.78, 5) is 0. The van der Waals surface area contributed by atoms with Crippen molar-refractivity contribution in [1.82, 2.24) is 0 Å². The molecule has 0 atom stereocenters. The highest BCUT2D eigenvalue weighted by Gasteiger charge is 2.14. The molecule has 4 nitrogen and oxygen atoms in total. The zero-order valence-electron chi connectivity index (χ0n) is 15.0. The molecule has 2 N–H and O–H groups in total. The minimum Gasteiger partial charge on any atom is -0.508 e. The van der Waals surface area contributed by atoms with Crippen LogP contribution in [0.25, 0.3) is 0 Å². The lowest BCUT2D eigenvalue weighted by atomic mass is 10.2. The maximum Gasteiger partial charge on any atom is 0.175 e. The van der Waals surface area contributed by atoms with Gasteiger partial charge in [0.15, 0.2) is 11.5 Å². The van der Waals surface area contributed by atoms with Crippen LogP contribution in [-0.4, -0.2) is 12.2 Å². The first-order valence-corrected chi connectivity index (χ1v) is 9.98. The van der Waals surface area contributed by atoms with Gasteiger partial charge in [-0.05, 0) is 70.0 Å². The molecular weight excluding hydrogens is 465 g/mol. The molecular formula is C21H18BrCl2NO3. The molecule has 3 aromatic carbocycles. The van der Waals surface area contributed by atoms with Crippen molar-refractivity contribution < 1.29 is 14.6 Å². The Kier molecular flexibility index (Phi) is 6.94. The van der Waals surface area contributed by atoms with Gasteiger partial charge >= 0.3 is 0 Å². The van der Waals surface area contributed by atoms with Crippen molar-refractivity contribution in [3.05, 3.63) is 80.2 Å². The number of nitrogens with one attached hydrogen (secondary N) is 1. The molecule has 7 heteroatoms. The van der Waals surface area contributed by atoms with Gasteiger partial charge in [0.25, 0.3) is 0 Å². The lowest BCUT2D eigenvalue weighted by molar-refractivity contribution is 0.282. The van der Waals surface area contributed by atoms with Crippen molar-refractivity contribution in [3.8, 4) is 17.2 Å². The molecule has 0 aromatic heterocycles. The van der Waals surface area contributed by atoms with Gasteiger partial charge in [-0.25, -0.2) is 0 Å². The monoisotopic (exact) mass is 481 g/mol. The van der Waals surface area contributed by atoms with Gasteiger partial charge < -0.3 is 19.9 Å². The van der Waals surface area contributed by atoms with Gasteiger partial charge in [-0.1, -0.05) is 29.3 Å². The molecule has 3 rings (SSSR count). The van der Waals surface area contributed by atoms with Crippen molar-refractivity contribution in [2.24, 2.45) is 0 Å². The van der Waals surface area contributed by atoms with E-state index in [1.165, 1.54) is 0 Å². The normalized spacial score (nSPS) is 10.6. The van der Waals surface area contributed by atoms with Crippen LogP contribution in [0.4, 0.5) is 5.69 Å².